The lowest BCUT2D eigenvalue weighted by Gasteiger charge is -2.37. The SMILES string of the molecule is O=C1CC(N2CCN(c3ccccn3)CC2)C(=O)N1c1ccc(Br)cc1. The third-order valence-electron chi connectivity index (χ3n) is 4.94. The monoisotopic (exact) mass is 414 g/mol. The Morgan fingerprint density at radius 3 is 2.35 bits per heavy atom. The molecule has 1 unspecified atom stereocenters. The molecule has 0 radical (unpaired) electrons. The Morgan fingerprint density at radius 2 is 1.69 bits per heavy atom. The molecule has 0 spiro atoms. The topological polar surface area (TPSA) is 56.8 Å². The van der Waals surface area contributed by atoms with Gasteiger partial charge in [0.25, 0.3) is 5.91 Å². The fraction of sp³-hybridized carbons (Fsp3) is 0.316. The Labute approximate surface area is 160 Å². The van der Waals surface area contributed by atoms with Crippen LogP contribution in [0.3, 0.4) is 0 Å². The Kier molecular flexibility index (Phi) is 4.74. The number of piperazine rings is 1. The Morgan fingerprint density at radius 1 is 0.962 bits per heavy atom. The fourth-order valence-corrected chi connectivity index (χ4v) is 3.83. The van der Waals surface area contributed by atoms with Gasteiger partial charge in [0.2, 0.25) is 5.91 Å². The van der Waals surface area contributed by atoms with Crippen molar-refractivity contribution in [2.45, 2.75) is 12.5 Å². The predicted molar refractivity (Wildman–Crippen MR) is 103 cm³/mol. The summed E-state index contributed by atoms with van der Waals surface area (Å²) in [5.74, 6) is 0.704. The summed E-state index contributed by atoms with van der Waals surface area (Å²) in [7, 11) is 0. The minimum absolute atomic E-state index is 0.122. The molecule has 2 amide bonds. The van der Waals surface area contributed by atoms with Gasteiger partial charge in [-0.3, -0.25) is 14.5 Å². The summed E-state index contributed by atoms with van der Waals surface area (Å²) in [6, 6.07) is 12.8. The lowest BCUT2D eigenvalue weighted by molar-refractivity contribution is -0.123. The second kappa shape index (κ2) is 7.17. The standard InChI is InChI=1S/C19H19BrN4O2/c20-14-4-6-15(7-5-14)24-18(25)13-16(19(24)26)22-9-11-23(12-10-22)17-3-1-2-8-21-17/h1-8,16H,9-13H2. The second-order valence-corrected chi connectivity index (χ2v) is 7.39. The van der Waals surface area contributed by atoms with E-state index in [1.807, 2.05) is 30.3 Å². The highest BCUT2D eigenvalue weighted by molar-refractivity contribution is 9.10. The van der Waals surface area contributed by atoms with Crippen molar-refractivity contribution in [1.82, 2.24) is 9.88 Å². The summed E-state index contributed by atoms with van der Waals surface area (Å²) in [4.78, 5) is 35.4. The summed E-state index contributed by atoms with van der Waals surface area (Å²) in [5.41, 5.74) is 0.637. The molecule has 2 saturated heterocycles. The van der Waals surface area contributed by atoms with Crippen LogP contribution in [0.2, 0.25) is 0 Å². The van der Waals surface area contributed by atoms with Crippen molar-refractivity contribution < 1.29 is 9.59 Å². The maximum atomic E-state index is 12.9. The highest BCUT2D eigenvalue weighted by Gasteiger charge is 2.43. The number of anilines is 2. The van der Waals surface area contributed by atoms with Gasteiger partial charge < -0.3 is 4.90 Å². The zero-order valence-corrected chi connectivity index (χ0v) is 15.8. The number of benzene rings is 1. The molecule has 1 aromatic heterocycles. The van der Waals surface area contributed by atoms with Crippen molar-refractivity contribution in [2.75, 3.05) is 36.0 Å². The van der Waals surface area contributed by atoms with Crippen LogP contribution in [0.1, 0.15) is 6.42 Å². The predicted octanol–water partition coefficient (Wildman–Crippen LogP) is 2.30. The Hall–Kier alpha value is -2.25. The van der Waals surface area contributed by atoms with Gasteiger partial charge >= 0.3 is 0 Å². The summed E-state index contributed by atoms with van der Waals surface area (Å²) in [5, 5.41) is 0. The summed E-state index contributed by atoms with van der Waals surface area (Å²) < 4.78 is 0.919. The first-order chi connectivity index (χ1) is 12.6. The lowest BCUT2D eigenvalue weighted by atomic mass is 10.1. The Balaban J connectivity index is 1.44. The van der Waals surface area contributed by atoms with Crippen LogP contribution in [0, 0.1) is 0 Å². The van der Waals surface area contributed by atoms with Crippen LogP contribution >= 0.6 is 15.9 Å². The second-order valence-electron chi connectivity index (χ2n) is 6.47. The highest BCUT2D eigenvalue weighted by atomic mass is 79.9. The largest absolute Gasteiger partial charge is 0.354 e. The van der Waals surface area contributed by atoms with Gasteiger partial charge in [-0.25, -0.2) is 9.88 Å². The number of carbonyl (C=O) groups is 2. The molecule has 1 aromatic carbocycles. The number of amides is 2. The van der Waals surface area contributed by atoms with Gasteiger partial charge in [-0.2, -0.15) is 0 Å². The van der Waals surface area contributed by atoms with Crippen molar-refractivity contribution >= 4 is 39.2 Å². The zero-order valence-electron chi connectivity index (χ0n) is 14.2. The maximum absolute atomic E-state index is 12.9. The molecule has 4 rings (SSSR count). The molecular formula is C19H19BrN4O2. The third-order valence-corrected chi connectivity index (χ3v) is 5.46. The molecule has 6 nitrogen and oxygen atoms in total. The number of hydrogen-bond donors (Lipinski definition) is 0. The highest BCUT2D eigenvalue weighted by Crippen LogP contribution is 2.27. The van der Waals surface area contributed by atoms with Crippen LogP contribution in [0.25, 0.3) is 0 Å². The quantitative estimate of drug-likeness (QED) is 0.721. The first-order valence-electron chi connectivity index (χ1n) is 8.66. The van der Waals surface area contributed by atoms with Crippen molar-refractivity contribution in [1.29, 1.82) is 0 Å². The lowest BCUT2D eigenvalue weighted by Crippen LogP contribution is -2.52. The molecule has 7 heteroatoms. The van der Waals surface area contributed by atoms with Gasteiger partial charge in [-0.1, -0.05) is 22.0 Å². The number of aromatic nitrogens is 1. The van der Waals surface area contributed by atoms with Crippen LogP contribution in [0.15, 0.2) is 53.1 Å². The Bertz CT molecular complexity index is 804. The van der Waals surface area contributed by atoms with E-state index >= 15 is 0 Å². The van der Waals surface area contributed by atoms with Crippen molar-refractivity contribution in [3.05, 3.63) is 53.1 Å². The number of hydrogen-bond acceptors (Lipinski definition) is 5. The van der Waals surface area contributed by atoms with Crippen molar-refractivity contribution in [3.63, 3.8) is 0 Å². The van der Waals surface area contributed by atoms with Gasteiger partial charge in [-0.15, -0.1) is 0 Å². The van der Waals surface area contributed by atoms with E-state index in [0.29, 0.717) is 5.69 Å². The number of halogens is 1. The molecule has 0 bridgehead atoms. The molecule has 0 aliphatic carbocycles. The van der Waals surface area contributed by atoms with Crippen LogP contribution in [0.4, 0.5) is 11.5 Å². The molecule has 3 heterocycles. The molecular weight excluding hydrogens is 396 g/mol. The third kappa shape index (κ3) is 3.24. The number of carbonyl (C=O) groups excluding carboxylic acids is 2. The minimum Gasteiger partial charge on any atom is -0.354 e. The molecule has 2 aliphatic rings. The van der Waals surface area contributed by atoms with E-state index in [2.05, 4.69) is 30.7 Å². The average Bonchev–Trinajstić information content (AvgIpc) is 2.98. The molecule has 2 fully saturated rings. The van der Waals surface area contributed by atoms with E-state index in [1.165, 1.54) is 4.90 Å². The molecule has 26 heavy (non-hydrogen) atoms. The fourth-order valence-electron chi connectivity index (χ4n) is 3.57. The van der Waals surface area contributed by atoms with Crippen LogP contribution in [-0.4, -0.2) is 53.9 Å². The number of imide groups is 1. The first kappa shape index (κ1) is 17.2. The minimum atomic E-state index is -0.364. The van der Waals surface area contributed by atoms with Gasteiger partial charge in [-0.05, 0) is 36.4 Å². The van der Waals surface area contributed by atoms with Crippen LogP contribution < -0.4 is 9.80 Å². The summed E-state index contributed by atoms with van der Waals surface area (Å²) in [6.45, 7) is 3.09. The van der Waals surface area contributed by atoms with E-state index in [1.54, 1.807) is 18.3 Å². The first-order valence-corrected chi connectivity index (χ1v) is 9.45. The van der Waals surface area contributed by atoms with E-state index in [0.717, 1.165) is 36.5 Å². The van der Waals surface area contributed by atoms with Crippen LogP contribution in [-0.2, 0) is 9.59 Å². The smallest absolute Gasteiger partial charge is 0.251 e. The average molecular weight is 415 g/mol. The summed E-state index contributed by atoms with van der Waals surface area (Å²) in [6.07, 6.45) is 2.04. The summed E-state index contributed by atoms with van der Waals surface area (Å²) >= 11 is 3.38. The maximum Gasteiger partial charge on any atom is 0.251 e. The molecule has 2 aliphatic heterocycles. The number of pyridine rings is 1. The van der Waals surface area contributed by atoms with E-state index in [-0.39, 0.29) is 24.3 Å². The molecule has 1 atom stereocenters. The van der Waals surface area contributed by atoms with Gasteiger partial charge in [0.15, 0.2) is 0 Å². The van der Waals surface area contributed by atoms with Crippen LogP contribution in [0.5, 0.6) is 0 Å². The molecule has 134 valence electrons. The number of rotatable bonds is 3. The normalized spacial score (nSPS) is 21.5. The van der Waals surface area contributed by atoms with Gasteiger partial charge in [0.05, 0.1) is 18.2 Å². The zero-order chi connectivity index (χ0) is 18.1. The van der Waals surface area contributed by atoms with Crippen molar-refractivity contribution in [2.24, 2.45) is 0 Å². The van der Waals surface area contributed by atoms with Gasteiger partial charge in [0, 0.05) is 36.8 Å². The van der Waals surface area contributed by atoms with E-state index in [9.17, 15) is 9.59 Å². The van der Waals surface area contributed by atoms with Crippen molar-refractivity contribution in [3.8, 4) is 0 Å². The van der Waals surface area contributed by atoms with E-state index in [4.69, 9.17) is 0 Å². The molecule has 0 saturated carbocycles. The van der Waals surface area contributed by atoms with E-state index < -0.39 is 0 Å². The van der Waals surface area contributed by atoms with Gasteiger partial charge in [0.1, 0.15) is 5.82 Å². The number of nitrogens with zero attached hydrogens (tertiary/aromatic N) is 4. The molecule has 2 aromatic rings. The molecule has 0 N–H and O–H groups in total.